The van der Waals surface area contributed by atoms with Crippen molar-refractivity contribution in [2.75, 3.05) is 22.1 Å². The van der Waals surface area contributed by atoms with E-state index in [4.69, 9.17) is 49.8 Å². The largest absolute Gasteiger partial charge is 0.505 e. The van der Waals surface area contributed by atoms with E-state index >= 15 is 0 Å². The van der Waals surface area contributed by atoms with Gasteiger partial charge in [-0.3, -0.25) is 13.9 Å². The molecule has 0 amide bonds. The van der Waals surface area contributed by atoms with Crippen LogP contribution in [-0.4, -0.2) is 93.6 Å². The summed E-state index contributed by atoms with van der Waals surface area (Å²) in [6.07, 6.45) is 0. The van der Waals surface area contributed by atoms with Gasteiger partial charge >= 0.3 is 5.97 Å². The van der Waals surface area contributed by atoms with E-state index in [0.717, 1.165) is 42.1 Å². The number of azo groups is 2. The number of nitrogens with zero attached hydrogens (tertiary/aromatic N) is 10. The van der Waals surface area contributed by atoms with Gasteiger partial charge in [0.2, 0.25) is 27.6 Å². The van der Waals surface area contributed by atoms with Crippen molar-refractivity contribution < 1.29 is 80.4 Å². The third-order valence-electron chi connectivity index (χ3n) is 7.93. The van der Waals surface area contributed by atoms with Crippen LogP contribution in [0.1, 0.15) is 0 Å². The molecule has 0 spiro atoms. The Morgan fingerprint density at radius 1 is 0.729 bits per heavy atom. The number of carboxylic acids is 1. The highest BCUT2D eigenvalue weighted by Crippen LogP contribution is 2.50. The van der Waals surface area contributed by atoms with Crippen molar-refractivity contribution in [3.63, 3.8) is 0 Å². The number of halogens is 2. The summed E-state index contributed by atoms with van der Waals surface area (Å²) in [4.78, 5) is 36.7. The maximum Gasteiger partial charge on any atom is 0.313 e. The summed E-state index contributed by atoms with van der Waals surface area (Å²) in [7, 11) is -10.3. The first-order chi connectivity index (χ1) is 33.2. The number of aromatic hydroxyl groups is 1. The lowest BCUT2D eigenvalue weighted by Gasteiger charge is -2.14. The fraction of sp³-hybridized carbons (Fsp3) is 0.0312. The quantitative estimate of drug-likeness (QED) is 0.00444. The van der Waals surface area contributed by atoms with Crippen molar-refractivity contribution in [3.8, 4) is 5.75 Å². The molecular weight excluding hydrogens is 1100 g/mol. The average molecular weight is 1120 g/mol. The zero-order valence-electron chi connectivity index (χ0n) is 33.5. The second kappa shape index (κ2) is 23.3. The fourth-order valence-electron chi connectivity index (χ4n) is 5.31. The van der Waals surface area contributed by atoms with Crippen molar-refractivity contribution in [1.29, 1.82) is 0 Å². The van der Waals surface area contributed by atoms with E-state index < -0.39 is 75.6 Å². The molecule has 0 saturated heterocycles. The number of phenols is 1. The number of carboxylic acid groups (broad SMARTS) is 1. The van der Waals surface area contributed by atoms with Gasteiger partial charge in [-0.25, -0.2) is 15.8 Å². The molecule has 0 bridgehead atoms. The van der Waals surface area contributed by atoms with E-state index in [2.05, 4.69) is 91.2 Å². The van der Waals surface area contributed by atoms with Crippen molar-refractivity contribution in [2.24, 2.45) is 20.5 Å². The van der Waals surface area contributed by atoms with Crippen LogP contribution in [0.5, 0.6) is 5.75 Å². The minimum Gasteiger partial charge on any atom is -0.505 e. The van der Waals surface area contributed by atoms with Crippen LogP contribution in [0.4, 0.5) is 51.7 Å². The lowest BCUT2D eigenvalue weighted by atomic mass is 10.1. The SMILES string of the molecule is C=C(OO)Sc1nc(Cl)nc(Nc2ccc(S(=O)(=O)O)c(N=Nc3c(SOOO)cc4cc(S(=O)(=O)O)c(N=Nc5cc(Nc6nc(Cl)nc(SCC(=O)O)n6)ccc5SOOO)c(N)c4c3O)c2)n1. The van der Waals surface area contributed by atoms with Crippen molar-refractivity contribution >= 4 is 159 Å². The number of carbonyl (C=O) groups is 1. The molecule has 30 nitrogen and oxygen atoms in total. The van der Waals surface area contributed by atoms with Crippen LogP contribution in [0.15, 0.2) is 111 Å². The van der Waals surface area contributed by atoms with Crippen LogP contribution < -0.4 is 16.4 Å². The molecule has 0 saturated carbocycles. The lowest BCUT2D eigenvalue weighted by molar-refractivity contribution is -0.432. The second-order valence-corrected chi connectivity index (χ2v) is 19.3. The van der Waals surface area contributed by atoms with Gasteiger partial charge in [-0.2, -0.15) is 46.7 Å². The standard InChI is InChI=1S/C32H23Cl2N13O17S6/c1-11(60-51)66-32-41-28(34)39-30(43-32)37-14-3-5-19(69(54,55)56)16(9-14)45-46-24-18(68-64-62-53)6-12-7-20(70(57,58)59)25(23(35)22(12)26(24)50)47-44-15-8-13(2-4-17(15)67-63-61-52)36-29-38-27(33)40-31(42-29)65-10-21(48)49/h2-9,50-53H,1,10,35H2,(H,48,49)(H,54,55,56)(H,57,58,59)(H,36,38,40,42)(H,37,39,41,43). The summed E-state index contributed by atoms with van der Waals surface area (Å²) in [5.41, 5.74) is 3.71. The van der Waals surface area contributed by atoms with Gasteiger partial charge in [0.1, 0.15) is 32.5 Å². The lowest BCUT2D eigenvalue weighted by Crippen LogP contribution is -2.03. The van der Waals surface area contributed by atoms with Gasteiger partial charge in [0, 0.05) is 11.4 Å². The third-order valence-corrected chi connectivity index (χ3v) is 12.8. The van der Waals surface area contributed by atoms with E-state index in [1.54, 1.807) is 0 Å². The molecule has 38 heteroatoms. The van der Waals surface area contributed by atoms with Gasteiger partial charge < -0.3 is 31.5 Å². The summed E-state index contributed by atoms with van der Waals surface area (Å²) < 4.78 is 80.1. The predicted octanol–water partition coefficient (Wildman–Crippen LogP) is 8.70. The number of hydrogen-bond acceptors (Lipinski definition) is 31. The first-order valence-corrected chi connectivity index (χ1v) is 24.5. The van der Waals surface area contributed by atoms with Gasteiger partial charge in [-0.1, -0.05) is 21.8 Å². The molecule has 0 fully saturated rings. The Labute approximate surface area is 416 Å². The number of hydrogen-bond donors (Lipinski definition) is 10. The first kappa shape index (κ1) is 53.4. The molecule has 0 unspecified atom stereocenters. The molecule has 0 aliphatic rings. The Morgan fingerprint density at radius 2 is 1.29 bits per heavy atom. The predicted molar refractivity (Wildman–Crippen MR) is 246 cm³/mol. The van der Waals surface area contributed by atoms with Crippen LogP contribution in [0.25, 0.3) is 10.8 Å². The van der Waals surface area contributed by atoms with Crippen molar-refractivity contribution in [1.82, 2.24) is 29.9 Å². The van der Waals surface area contributed by atoms with Gasteiger partial charge in [0.25, 0.3) is 20.2 Å². The molecule has 11 N–H and O–H groups in total. The van der Waals surface area contributed by atoms with Gasteiger partial charge in [0.05, 0.1) is 50.7 Å². The number of nitrogen functional groups attached to an aromatic ring is 1. The number of nitrogens with two attached hydrogens (primary N) is 1. The van der Waals surface area contributed by atoms with E-state index in [1.807, 2.05) is 0 Å². The normalized spacial score (nSPS) is 12.0. The zero-order valence-corrected chi connectivity index (χ0v) is 39.9. The zero-order chi connectivity index (χ0) is 50.9. The first-order valence-electron chi connectivity index (χ1n) is 17.6. The minimum absolute atomic E-state index is 0.00206. The van der Waals surface area contributed by atoms with Crippen LogP contribution in [-0.2, 0) is 48.7 Å². The Hall–Kier alpha value is -5.91. The molecule has 6 aromatic rings. The second-order valence-electron chi connectivity index (χ2n) is 12.4. The number of fused-ring (bicyclic) bond motifs is 1. The molecule has 2 heterocycles. The molecule has 368 valence electrons. The average Bonchev–Trinajstić information content (AvgIpc) is 3.28. The monoisotopic (exact) mass is 1120 g/mol. The molecule has 0 atom stereocenters. The van der Waals surface area contributed by atoms with Crippen molar-refractivity contribution in [2.45, 2.75) is 29.9 Å². The summed E-state index contributed by atoms with van der Waals surface area (Å²) in [6.45, 7) is 3.42. The maximum atomic E-state index is 12.8. The van der Waals surface area contributed by atoms with Crippen LogP contribution in [0.2, 0.25) is 10.6 Å². The fourth-order valence-corrected chi connectivity index (χ4v) is 8.97. The number of aromatic nitrogens is 6. The highest BCUT2D eigenvalue weighted by Gasteiger charge is 2.26. The van der Waals surface area contributed by atoms with Crippen LogP contribution in [0.3, 0.4) is 0 Å². The topological polar surface area (TPSA) is 450 Å². The highest BCUT2D eigenvalue weighted by molar-refractivity contribution is 8.02. The number of anilines is 5. The number of nitrogens with one attached hydrogen (secondary N) is 2. The number of rotatable bonds is 22. The third kappa shape index (κ3) is 13.9. The van der Waals surface area contributed by atoms with Crippen LogP contribution in [0, 0.1) is 0 Å². The molecule has 0 radical (unpaired) electrons. The number of phenolic OH excluding ortho intramolecular Hbond substituents is 1. The smallest absolute Gasteiger partial charge is 0.313 e. The summed E-state index contributed by atoms with van der Waals surface area (Å²) in [5, 5.41) is 74.4. The molecular formula is C32H23Cl2N13O17S6. The minimum atomic E-state index is -5.26. The molecule has 0 aliphatic carbocycles. The van der Waals surface area contributed by atoms with Crippen molar-refractivity contribution in [3.05, 3.63) is 70.8 Å². The number of benzene rings is 4. The van der Waals surface area contributed by atoms with Gasteiger partial charge in [-0.05, 0) is 95.5 Å². The van der Waals surface area contributed by atoms with E-state index in [1.165, 1.54) is 18.2 Å². The Kier molecular flexibility index (Phi) is 17.8. The molecule has 6 rings (SSSR count). The molecule has 4 aromatic carbocycles. The molecule has 2 aromatic heterocycles. The highest BCUT2D eigenvalue weighted by atomic mass is 35.5. The van der Waals surface area contributed by atoms with Gasteiger partial charge in [0.15, 0.2) is 16.0 Å². The Balaban J connectivity index is 1.46. The summed E-state index contributed by atoms with van der Waals surface area (Å²) in [6, 6.07) is 8.95. The molecule has 70 heavy (non-hydrogen) atoms. The Morgan fingerprint density at radius 3 is 1.89 bits per heavy atom. The number of aliphatic carboxylic acids is 1. The Bertz CT molecular complexity index is 3310. The molecule has 0 aliphatic heterocycles. The van der Waals surface area contributed by atoms with Crippen LogP contribution >= 0.6 is 70.8 Å². The summed E-state index contributed by atoms with van der Waals surface area (Å²) >= 11 is 13.9. The number of thioether (sulfide) groups is 2. The summed E-state index contributed by atoms with van der Waals surface area (Å²) in [5.74, 6) is -2.88. The van der Waals surface area contributed by atoms with E-state index in [-0.39, 0.29) is 82.2 Å². The van der Waals surface area contributed by atoms with Gasteiger partial charge in [-0.15, -0.1) is 29.1 Å². The van der Waals surface area contributed by atoms with E-state index in [9.17, 15) is 35.8 Å². The van der Waals surface area contributed by atoms with E-state index in [0.29, 0.717) is 23.8 Å². The maximum absolute atomic E-state index is 12.8.